The number of unbranched alkanes of at least 4 members (excludes halogenated alkanes) is 1. The van der Waals surface area contributed by atoms with E-state index in [9.17, 15) is 0 Å². The number of hydrogen-bond acceptors (Lipinski definition) is 1. The van der Waals surface area contributed by atoms with Gasteiger partial charge in [0, 0.05) is 7.11 Å². The molecule has 0 saturated carbocycles. The Kier molecular flexibility index (Phi) is 12.9. The van der Waals surface area contributed by atoms with E-state index in [0.717, 1.165) is 6.42 Å². The average molecular weight is 329 g/mol. The summed E-state index contributed by atoms with van der Waals surface area (Å²) in [5, 5.41) is 0. The zero-order valence-corrected chi connectivity index (χ0v) is 16.8. The van der Waals surface area contributed by atoms with E-state index in [2.05, 4.69) is 70.2 Å². The third-order valence-electron chi connectivity index (χ3n) is 3.70. The second-order valence-corrected chi connectivity index (χ2v) is 5.86. The van der Waals surface area contributed by atoms with Crippen LogP contribution in [0.5, 0.6) is 0 Å². The van der Waals surface area contributed by atoms with Gasteiger partial charge in [-0.1, -0.05) is 88.6 Å². The maximum Gasteiger partial charge on any atom is 0.0715 e. The highest BCUT2D eigenvalue weighted by atomic mass is 16.5. The minimum absolute atomic E-state index is 0.691. The number of methoxy groups -OCH3 is 1. The maximum atomic E-state index is 5.18. The van der Waals surface area contributed by atoms with E-state index < -0.39 is 0 Å². The third-order valence-corrected chi connectivity index (χ3v) is 3.70. The van der Waals surface area contributed by atoms with Crippen LogP contribution in [0.4, 0.5) is 0 Å². The quantitative estimate of drug-likeness (QED) is 0.581. The number of ether oxygens (including phenoxy) is 1. The molecular weight excluding hydrogens is 292 g/mol. The molecule has 2 aromatic carbocycles. The molecule has 2 aromatic rings. The molecule has 0 heterocycles. The van der Waals surface area contributed by atoms with E-state index in [1.807, 2.05) is 13.8 Å². The lowest BCUT2D eigenvalue weighted by atomic mass is 9.99. The van der Waals surface area contributed by atoms with Crippen molar-refractivity contribution < 1.29 is 4.74 Å². The van der Waals surface area contributed by atoms with Gasteiger partial charge in [-0.25, -0.2) is 0 Å². The van der Waals surface area contributed by atoms with E-state index in [-0.39, 0.29) is 0 Å². The molecule has 0 spiro atoms. The Bertz CT molecular complexity index is 556. The largest absolute Gasteiger partial charge is 0.380 e. The summed E-state index contributed by atoms with van der Waals surface area (Å²) in [5.74, 6) is 0. The van der Waals surface area contributed by atoms with Crippen LogP contribution in [-0.4, -0.2) is 7.11 Å². The van der Waals surface area contributed by atoms with Gasteiger partial charge in [-0.2, -0.15) is 0 Å². The minimum Gasteiger partial charge on any atom is -0.380 e. The molecule has 24 heavy (non-hydrogen) atoms. The highest BCUT2D eigenvalue weighted by molar-refractivity contribution is 5.34. The first kappa shape index (κ1) is 22.4. The number of aryl methyl sites for hydroxylation is 2. The monoisotopic (exact) mass is 328 g/mol. The van der Waals surface area contributed by atoms with E-state index in [1.54, 1.807) is 7.11 Å². The molecule has 0 saturated heterocycles. The number of benzene rings is 2. The van der Waals surface area contributed by atoms with Crippen LogP contribution >= 0.6 is 0 Å². The molecular formula is C23H36O. The Hall–Kier alpha value is -1.60. The fourth-order valence-electron chi connectivity index (χ4n) is 2.24. The predicted molar refractivity (Wildman–Crippen MR) is 108 cm³/mol. The summed E-state index contributed by atoms with van der Waals surface area (Å²) in [6, 6.07) is 15.3. The molecule has 0 N–H and O–H groups in total. The molecule has 134 valence electrons. The molecule has 0 bridgehead atoms. The summed E-state index contributed by atoms with van der Waals surface area (Å²) >= 11 is 0. The van der Waals surface area contributed by atoms with Crippen LogP contribution in [0.25, 0.3) is 0 Å². The first-order valence-corrected chi connectivity index (χ1v) is 9.23. The summed E-state index contributed by atoms with van der Waals surface area (Å²) in [6.07, 6.45) is 3.63. The van der Waals surface area contributed by atoms with E-state index in [1.165, 1.54) is 40.7 Å². The smallest absolute Gasteiger partial charge is 0.0715 e. The number of hydrogen-bond donors (Lipinski definition) is 0. The molecule has 0 atom stereocenters. The van der Waals surface area contributed by atoms with Crippen molar-refractivity contribution in [1.82, 2.24) is 0 Å². The van der Waals surface area contributed by atoms with Crippen molar-refractivity contribution in [3.05, 3.63) is 70.3 Å². The standard InChI is InChI=1S/C17H20O.C4H10.C2H6/c1-13-5-4-6-15(9-13)11-16-7-8-17(12-18-3)14(2)10-16;1-3-4-2;1-2/h4-10H,11-12H2,1-3H3;3-4H2,1-2H3;1-2H3. The molecule has 0 aliphatic rings. The first-order valence-electron chi connectivity index (χ1n) is 9.23. The molecule has 1 heteroatoms. The van der Waals surface area contributed by atoms with Gasteiger partial charge in [0.05, 0.1) is 6.61 Å². The highest BCUT2D eigenvalue weighted by Crippen LogP contribution is 2.16. The second-order valence-electron chi connectivity index (χ2n) is 5.86. The van der Waals surface area contributed by atoms with Gasteiger partial charge in [-0.3, -0.25) is 0 Å². The summed E-state index contributed by atoms with van der Waals surface area (Å²) in [6.45, 7) is 13.3. The van der Waals surface area contributed by atoms with Gasteiger partial charge in [0.1, 0.15) is 0 Å². The Morgan fingerprint density at radius 2 is 1.46 bits per heavy atom. The molecule has 1 nitrogen and oxygen atoms in total. The summed E-state index contributed by atoms with van der Waals surface area (Å²) in [4.78, 5) is 0. The van der Waals surface area contributed by atoms with Crippen LogP contribution in [0, 0.1) is 13.8 Å². The Balaban J connectivity index is 0.000000773. The van der Waals surface area contributed by atoms with Gasteiger partial charge in [0.25, 0.3) is 0 Å². The van der Waals surface area contributed by atoms with Crippen LogP contribution in [0.1, 0.15) is 68.4 Å². The first-order chi connectivity index (χ1) is 11.6. The lowest BCUT2D eigenvalue weighted by molar-refractivity contribution is 0.184. The van der Waals surface area contributed by atoms with Gasteiger partial charge in [0.15, 0.2) is 0 Å². The topological polar surface area (TPSA) is 9.23 Å². The van der Waals surface area contributed by atoms with Gasteiger partial charge in [0.2, 0.25) is 0 Å². The molecule has 0 aliphatic heterocycles. The fourth-order valence-corrected chi connectivity index (χ4v) is 2.24. The van der Waals surface area contributed by atoms with Crippen molar-refractivity contribution >= 4 is 0 Å². The van der Waals surface area contributed by atoms with Crippen molar-refractivity contribution in [1.29, 1.82) is 0 Å². The molecule has 2 rings (SSSR count). The molecule has 0 radical (unpaired) electrons. The molecule has 0 aromatic heterocycles. The van der Waals surface area contributed by atoms with Crippen molar-refractivity contribution in [2.75, 3.05) is 7.11 Å². The SMILES string of the molecule is CC.CCCC.COCc1ccc(Cc2cccc(C)c2)cc1C. The highest BCUT2D eigenvalue weighted by Gasteiger charge is 2.01. The summed E-state index contributed by atoms with van der Waals surface area (Å²) < 4.78 is 5.18. The van der Waals surface area contributed by atoms with Gasteiger partial charge in [-0.05, 0) is 42.5 Å². The van der Waals surface area contributed by atoms with E-state index in [0.29, 0.717) is 6.61 Å². The maximum absolute atomic E-state index is 5.18. The van der Waals surface area contributed by atoms with Crippen molar-refractivity contribution in [3.8, 4) is 0 Å². The van der Waals surface area contributed by atoms with Gasteiger partial charge < -0.3 is 4.74 Å². The molecule has 0 aliphatic carbocycles. The molecule has 0 fully saturated rings. The second kappa shape index (κ2) is 13.8. The zero-order chi connectivity index (χ0) is 18.4. The van der Waals surface area contributed by atoms with Crippen LogP contribution in [0.15, 0.2) is 42.5 Å². The lowest BCUT2D eigenvalue weighted by Gasteiger charge is -2.08. The molecule has 0 amide bonds. The van der Waals surface area contributed by atoms with Gasteiger partial charge >= 0.3 is 0 Å². The average Bonchev–Trinajstić information content (AvgIpc) is 2.59. The minimum atomic E-state index is 0.691. The zero-order valence-electron chi connectivity index (χ0n) is 16.8. The van der Waals surface area contributed by atoms with Crippen LogP contribution in [0.3, 0.4) is 0 Å². The normalized spacial score (nSPS) is 9.46. The van der Waals surface area contributed by atoms with Crippen LogP contribution in [-0.2, 0) is 17.8 Å². The van der Waals surface area contributed by atoms with Crippen LogP contribution in [0.2, 0.25) is 0 Å². The Morgan fingerprint density at radius 3 is 1.96 bits per heavy atom. The van der Waals surface area contributed by atoms with Crippen molar-refractivity contribution in [2.24, 2.45) is 0 Å². The number of rotatable bonds is 5. The van der Waals surface area contributed by atoms with E-state index >= 15 is 0 Å². The summed E-state index contributed by atoms with van der Waals surface area (Å²) in [7, 11) is 1.74. The molecule has 0 unspecified atom stereocenters. The lowest BCUT2D eigenvalue weighted by Crippen LogP contribution is -1.95. The third kappa shape index (κ3) is 8.88. The van der Waals surface area contributed by atoms with E-state index in [4.69, 9.17) is 4.74 Å². The van der Waals surface area contributed by atoms with Crippen molar-refractivity contribution in [3.63, 3.8) is 0 Å². The van der Waals surface area contributed by atoms with Gasteiger partial charge in [-0.15, -0.1) is 0 Å². The summed E-state index contributed by atoms with van der Waals surface area (Å²) in [5.41, 5.74) is 6.62. The Morgan fingerprint density at radius 1 is 0.833 bits per heavy atom. The fraction of sp³-hybridized carbons (Fsp3) is 0.478. The van der Waals surface area contributed by atoms with Crippen molar-refractivity contribution in [2.45, 2.75) is 67.4 Å². The predicted octanol–water partition coefficient (Wildman–Crippen LogP) is 6.87. The van der Waals surface area contributed by atoms with Crippen LogP contribution < -0.4 is 0 Å². The Labute approximate surface area is 150 Å².